The fourth-order valence-corrected chi connectivity index (χ4v) is 4.02. The van der Waals surface area contributed by atoms with E-state index >= 15 is 0 Å². The van der Waals surface area contributed by atoms with Crippen LogP contribution in [0.25, 0.3) is 0 Å². The van der Waals surface area contributed by atoms with Crippen molar-refractivity contribution in [2.45, 2.75) is 32.7 Å². The summed E-state index contributed by atoms with van der Waals surface area (Å²) < 4.78 is 10.7. The van der Waals surface area contributed by atoms with Gasteiger partial charge in [-0.3, -0.25) is 0 Å². The number of nitrogens with zero attached hydrogens (tertiary/aromatic N) is 3. The van der Waals surface area contributed by atoms with Crippen LogP contribution in [0.2, 0.25) is 0 Å². The van der Waals surface area contributed by atoms with Gasteiger partial charge in [0, 0.05) is 51.4 Å². The van der Waals surface area contributed by atoms with E-state index in [0.717, 1.165) is 75.8 Å². The third-order valence-corrected chi connectivity index (χ3v) is 5.69. The third-order valence-electron chi connectivity index (χ3n) is 5.69. The molecule has 1 unspecified atom stereocenters. The standard InChI is InChI=1S/C23H37N5O3/c1-3-24-22(28-12-9-20(17-28)18-31-14-13-30-2)25-16-19-7-6-8-21(15-19)26-23(29)27-10-4-5-11-27/h6-8,15,20H,3-5,9-14,16-18H2,1-2H3,(H,24,25)(H,26,29). The molecule has 0 radical (unpaired) electrons. The average molecular weight is 432 g/mol. The van der Waals surface area contributed by atoms with Gasteiger partial charge in [0.15, 0.2) is 5.96 Å². The lowest BCUT2D eigenvalue weighted by molar-refractivity contribution is 0.0536. The highest BCUT2D eigenvalue weighted by Gasteiger charge is 2.25. The molecule has 2 amide bonds. The van der Waals surface area contributed by atoms with E-state index in [1.807, 2.05) is 23.1 Å². The molecule has 0 saturated carbocycles. The minimum absolute atomic E-state index is 0.0117. The van der Waals surface area contributed by atoms with E-state index in [0.29, 0.717) is 25.7 Å². The number of carbonyl (C=O) groups excluding carboxylic acids is 1. The highest BCUT2D eigenvalue weighted by Crippen LogP contribution is 2.18. The maximum Gasteiger partial charge on any atom is 0.321 e. The van der Waals surface area contributed by atoms with Crippen LogP contribution < -0.4 is 10.6 Å². The highest BCUT2D eigenvalue weighted by atomic mass is 16.5. The largest absolute Gasteiger partial charge is 0.382 e. The summed E-state index contributed by atoms with van der Waals surface area (Å²) in [6.45, 7) is 9.15. The lowest BCUT2D eigenvalue weighted by Gasteiger charge is -2.22. The summed E-state index contributed by atoms with van der Waals surface area (Å²) in [7, 11) is 1.69. The van der Waals surface area contributed by atoms with E-state index in [9.17, 15) is 4.79 Å². The number of hydrogen-bond donors (Lipinski definition) is 2. The number of aliphatic imine (C=N–C) groups is 1. The molecule has 172 valence electrons. The van der Waals surface area contributed by atoms with E-state index < -0.39 is 0 Å². The van der Waals surface area contributed by atoms with Crippen molar-refractivity contribution in [1.82, 2.24) is 15.1 Å². The zero-order valence-electron chi connectivity index (χ0n) is 18.9. The van der Waals surface area contributed by atoms with Crippen LogP contribution in [0.5, 0.6) is 0 Å². The van der Waals surface area contributed by atoms with Crippen molar-refractivity contribution in [2.24, 2.45) is 10.9 Å². The first kappa shape index (κ1) is 23.3. The molecule has 0 spiro atoms. The predicted molar refractivity (Wildman–Crippen MR) is 123 cm³/mol. The van der Waals surface area contributed by atoms with Gasteiger partial charge in [0.1, 0.15) is 0 Å². The van der Waals surface area contributed by atoms with Crippen LogP contribution in [0.15, 0.2) is 29.3 Å². The first-order valence-electron chi connectivity index (χ1n) is 11.4. The van der Waals surface area contributed by atoms with Crippen molar-refractivity contribution in [3.8, 4) is 0 Å². The van der Waals surface area contributed by atoms with Crippen LogP contribution in [0.4, 0.5) is 10.5 Å². The summed E-state index contributed by atoms with van der Waals surface area (Å²) in [5.41, 5.74) is 1.90. The van der Waals surface area contributed by atoms with Crippen LogP contribution in [-0.4, -0.2) is 81.4 Å². The van der Waals surface area contributed by atoms with Crippen molar-refractivity contribution >= 4 is 17.7 Å². The molecule has 2 aliphatic rings. The van der Waals surface area contributed by atoms with E-state index in [1.54, 1.807) is 7.11 Å². The van der Waals surface area contributed by atoms with Crippen LogP contribution in [-0.2, 0) is 16.0 Å². The Morgan fingerprint density at radius 3 is 2.81 bits per heavy atom. The second kappa shape index (κ2) is 12.5. The molecule has 2 saturated heterocycles. The molecule has 2 fully saturated rings. The monoisotopic (exact) mass is 431 g/mol. The van der Waals surface area contributed by atoms with Gasteiger partial charge in [-0.15, -0.1) is 0 Å². The summed E-state index contributed by atoms with van der Waals surface area (Å²) in [5.74, 6) is 1.46. The second-order valence-corrected chi connectivity index (χ2v) is 8.16. The minimum Gasteiger partial charge on any atom is -0.382 e. The van der Waals surface area contributed by atoms with Crippen molar-refractivity contribution < 1.29 is 14.3 Å². The Bertz CT molecular complexity index is 721. The topological polar surface area (TPSA) is 78.4 Å². The molecule has 1 aromatic carbocycles. The number of anilines is 1. The number of guanidine groups is 1. The maximum atomic E-state index is 12.3. The number of benzene rings is 1. The molecule has 31 heavy (non-hydrogen) atoms. The zero-order chi connectivity index (χ0) is 21.9. The van der Waals surface area contributed by atoms with Gasteiger partial charge in [-0.2, -0.15) is 0 Å². The lowest BCUT2D eigenvalue weighted by Crippen LogP contribution is -2.40. The Morgan fingerprint density at radius 1 is 1.19 bits per heavy atom. The number of rotatable bonds is 9. The molecule has 3 rings (SSSR count). The van der Waals surface area contributed by atoms with Crippen molar-refractivity contribution in [3.05, 3.63) is 29.8 Å². The summed E-state index contributed by atoms with van der Waals surface area (Å²) in [6, 6.07) is 7.95. The Balaban J connectivity index is 1.53. The fourth-order valence-electron chi connectivity index (χ4n) is 4.02. The van der Waals surface area contributed by atoms with Gasteiger partial charge in [0.05, 0.1) is 26.4 Å². The maximum absolute atomic E-state index is 12.3. The first-order chi connectivity index (χ1) is 15.2. The summed E-state index contributed by atoms with van der Waals surface area (Å²) >= 11 is 0. The van der Waals surface area contributed by atoms with Gasteiger partial charge in [-0.25, -0.2) is 9.79 Å². The third kappa shape index (κ3) is 7.40. The quantitative estimate of drug-likeness (QED) is 0.357. The van der Waals surface area contributed by atoms with E-state index in [1.165, 1.54) is 0 Å². The van der Waals surface area contributed by atoms with Gasteiger partial charge in [0.2, 0.25) is 0 Å². The summed E-state index contributed by atoms with van der Waals surface area (Å²) in [5, 5.41) is 6.43. The number of likely N-dealkylation sites (tertiary alicyclic amines) is 2. The molecule has 8 nitrogen and oxygen atoms in total. The number of urea groups is 1. The predicted octanol–water partition coefficient (Wildman–Crippen LogP) is 2.76. The molecule has 0 aromatic heterocycles. The van der Waals surface area contributed by atoms with E-state index in [-0.39, 0.29) is 6.03 Å². The van der Waals surface area contributed by atoms with Gasteiger partial charge < -0.3 is 29.9 Å². The minimum atomic E-state index is -0.0117. The SMILES string of the molecule is CCNC(=NCc1cccc(NC(=O)N2CCCC2)c1)N1CCC(COCCOC)C1. The van der Waals surface area contributed by atoms with Crippen LogP contribution in [0.3, 0.4) is 0 Å². The van der Waals surface area contributed by atoms with Crippen LogP contribution in [0, 0.1) is 5.92 Å². The van der Waals surface area contributed by atoms with Crippen LogP contribution in [0.1, 0.15) is 31.7 Å². The Hall–Kier alpha value is -2.32. The number of nitrogens with one attached hydrogen (secondary N) is 2. The fraction of sp³-hybridized carbons (Fsp3) is 0.652. The molecule has 2 heterocycles. The molecule has 8 heteroatoms. The summed E-state index contributed by atoms with van der Waals surface area (Å²) in [4.78, 5) is 21.4. The van der Waals surface area contributed by atoms with Gasteiger partial charge in [-0.05, 0) is 43.9 Å². The van der Waals surface area contributed by atoms with Gasteiger partial charge in [0.25, 0.3) is 0 Å². The second-order valence-electron chi connectivity index (χ2n) is 8.16. The molecule has 1 aromatic rings. The smallest absolute Gasteiger partial charge is 0.321 e. The number of carbonyl (C=O) groups is 1. The van der Waals surface area contributed by atoms with E-state index in [2.05, 4.69) is 28.5 Å². The molecule has 0 bridgehead atoms. The Kier molecular flexibility index (Phi) is 9.42. The van der Waals surface area contributed by atoms with Gasteiger partial charge >= 0.3 is 6.03 Å². The van der Waals surface area contributed by atoms with Crippen molar-refractivity contribution in [3.63, 3.8) is 0 Å². The number of methoxy groups -OCH3 is 1. The highest BCUT2D eigenvalue weighted by molar-refractivity contribution is 5.89. The molecule has 0 aliphatic carbocycles. The average Bonchev–Trinajstić information content (AvgIpc) is 3.47. The Morgan fingerprint density at radius 2 is 2.03 bits per heavy atom. The number of ether oxygens (including phenoxy) is 2. The van der Waals surface area contributed by atoms with Crippen molar-refractivity contribution in [2.75, 3.05) is 65.0 Å². The number of amides is 2. The van der Waals surface area contributed by atoms with Crippen molar-refractivity contribution in [1.29, 1.82) is 0 Å². The molecular weight excluding hydrogens is 394 g/mol. The first-order valence-corrected chi connectivity index (χ1v) is 11.4. The van der Waals surface area contributed by atoms with Gasteiger partial charge in [-0.1, -0.05) is 12.1 Å². The molecular formula is C23H37N5O3. The van der Waals surface area contributed by atoms with Crippen LogP contribution >= 0.6 is 0 Å². The summed E-state index contributed by atoms with van der Waals surface area (Å²) in [6.07, 6.45) is 3.29. The normalized spacial score (nSPS) is 19.2. The Labute approximate surface area is 186 Å². The zero-order valence-corrected chi connectivity index (χ0v) is 18.9. The molecule has 2 N–H and O–H groups in total. The number of hydrogen-bond acceptors (Lipinski definition) is 4. The van der Waals surface area contributed by atoms with E-state index in [4.69, 9.17) is 14.5 Å². The lowest BCUT2D eigenvalue weighted by atomic mass is 10.1. The molecule has 2 aliphatic heterocycles. The molecule has 1 atom stereocenters.